The molecule has 0 aromatic heterocycles. The standard InChI is InChI=1S/C23H28N4O5/c1-4-25-10-12-26(13-11-25)21-9-7-18(23(29)32-5-2)15-19(21)24-22(28)17-6-8-20(27(30)31)16(3)14-17/h6-9,14-15H,4-5,10-13H2,1-3H3,(H,24,28). The first kappa shape index (κ1) is 23.2. The van der Waals surface area contributed by atoms with E-state index in [1.165, 1.54) is 18.2 Å². The van der Waals surface area contributed by atoms with Gasteiger partial charge in [-0.1, -0.05) is 6.92 Å². The largest absolute Gasteiger partial charge is 0.462 e. The molecule has 2 aromatic rings. The van der Waals surface area contributed by atoms with E-state index in [0.29, 0.717) is 22.4 Å². The average Bonchev–Trinajstić information content (AvgIpc) is 2.79. The highest BCUT2D eigenvalue weighted by molar-refractivity contribution is 6.07. The molecule has 3 rings (SSSR count). The number of anilines is 2. The minimum absolute atomic E-state index is 0.0413. The van der Waals surface area contributed by atoms with E-state index in [-0.39, 0.29) is 12.3 Å². The number of carbonyl (C=O) groups excluding carboxylic acids is 2. The van der Waals surface area contributed by atoms with Gasteiger partial charge in [0.25, 0.3) is 11.6 Å². The number of nitro benzene ring substituents is 1. The van der Waals surface area contributed by atoms with Gasteiger partial charge in [0, 0.05) is 43.4 Å². The summed E-state index contributed by atoms with van der Waals surface area (Å²) in [5.74, 6) is -0.867. The van der Waals surface area contributed by atoms with Crippen LogP contribution in [0.4, 0.5) is 17.1 Å². The maximum Gasteiger partial charge on any atom is 0.338 e. The first-order valence-electron chi connectivity index (χ1n) is 10.7. The van der Waals surface area contributed by atoms with Crippen molar-refractivity contribution in [2.45, 2.75) is 20.8 Å². The Bertz CT molecular complexity index is 1020. The van der Waals surface area contributed by atoms with E-state index in [9.17, 15) is 19.7 Å². The highest BCUT2D eigenvalue weighted by atomic mass is 16.6. The molecule has 9 heteroatoms. The molecule has 2 aromatic carbocycles. The number of nitrogens with zero attached hydrogens (tertiary/aromatic N) is 3. The van der Waals surface area contributed by atoms with E-state index in [1.54, 1.807) is 26.0 Å². The number of benzene rings is 2. The van der Waals surface area contributed by atoms with E-state index in [0.717, 1.165) is 38.4 Å². The molecule has 1 saturated heterocycles. The van der Waals surface area contributed by atoms with Crippen LogP contribution >= 0.6 is 0 Å². The van der Waals surface area contributed by atoms with E-state index in [4.69, 9.17) is 4.74 Å². The second-order valence-electron chi connectivity index (χ2n) is 7.59. The molecule has 9 nitrogen and oxygen atoms in total. The molecule has 0 radical (unpaired) electrons. The van der Waals surface area contributed by atoms with Crippen molar-refractivity contribution in [1.29, 1.82) is 0 Å². The predicted octanol–water partition coefficient (Wildman–Crippen LogP) is 3.47. The molecular formula is C23H28N4O5. The highest BCUT2D eigenvalue weighted by Crippen LogP contribution is 2.30. The fourth-order valence-electron chi connectivity index (χ4n) is 3.75. The van der Waals surface area contributed by atoms with Gasteiger partial charge in [-0.15, -0.1) is 0 Å². The molecule has 1 fully saturated rings. The number of hydrogen-bond donors (Lipinski definition) is 1. The molecule has 1 N–H and O–H groups in total. The number of piperazine rings is 1. The monoisotopic (exact) mass is 440 g/mol. The number of likely N-dealkylation sites (N-methyl/N-ethyl adjacent to an activating group) is 1. The van der Waals surface area contributed by atoms with Gasteiger partial charge in [-0.2, -0.15) is 0 Å². The second kappa shape index (κ2) is 10.2. The van der Waals surface area contributed by atoms with Gasteiger partial charge in [-0.25, -0.2) is 4.79 Å². The third-order valence-electron chi connectivity index (χ3n) is 5.57. The van der Waals surface area contributed by atoms with Gasteiger partial charge in [-0.05, 0) is 50.7 Å². The van der Waals surface area contributed by atoms with Crippen LogP contribution in [0.1, 0.15) is 40.1 Å². The number of amides is 1. The van der Waals surface area contributed by atoms with Gasteiger partial charge in [-0.3, -0.25) is 14.9 Å². The Balaban J connectivity index is 1.90. The topological polar surface area (TPSA) is 105 Å². The normalized spacial score (nSPS) is 14.2. The summed E-state index contributed by atoms with van der Waals surface area (Å²) in [5.41, 5.74) is 2.33. The van der Waals surface area contributed by atoms with Gasteiger partial charge < -0.3 is 19.9 Å². The number of rotatable bonds is 7. The maximum atomic E-state index is 13.0. The summed E-state index contributed by atoms with van der Waals surface area (Å²) >= 11 is 0. The van der Waals surface area contributed by atoms with Crippen molar-refractivity contribution in [3.63, 3.8) is 0 Å². The van der Waals surface area contributed by atoms with Crippen molar-refractivity contribution in [2.75, 3.05) is 49.5 Å². The number of carbonyl (C=O) groups is 2. The number of esters is 1. The lowest BCUT2D eigenvalue weighted by Gasteiger charge is -2.36. The van der Waals surface area contributed by atoms with Crippen LogP contribution in [0.5, 0.6) is 0 Å². The molecule has 0 unspecified atom stereocenters. The van der Waals surface area contributed by atoms with E-state index in [2.05, 4.69) is 22.0 Å². The van der Waals surface area contributed by atoms with Gasteiger partial charge in [0.2, 0.25) is 0 Å². The number of aryl methyl sites for hydroxylation is 1. The third-order valence-corrected chi connectivity index (χ3v) is 5.57. The van der Waals surface area contributed by atoms with Crippen LogP contribution in [0.2, 0.25) is 0 Å². The molecule has 1 aliphatic heterocycles. The van der Waals surface area contributed by atoms with Crippen molar-refractivity contribution in [3.05, 3.63) is 63.2 Å². The van der Waals surface area contributed by atoms with Crippen LogP contribution in [0.3, 0.4) is 0 Å². The highest BCUT2D eigenvalue weighted by Gasteiger charge is 2.22. The summed E-state index contributed by atoms with van der Waals surface area (Å²) in [5, 5.41) is 14.0. The zero-order valence-corrected chi connectivity index (χ0v) is 18.6. The minimum Gasteiger partial charge on any atom is -0.462 e. The number of nitro groups is 1. The van der Waals surface area contributed by atoms with E-state index in [1.807, 2.05) is 6.07 Å². The fraction of sp³-hybridized carbons (Fsp3) is 0.391. The molecule has 1 amide bonds. The Morgan fingerprint density at radius 2 is 1.75 bits per heavy atom. The zero-order valence-electron chi connectivity index (χ0n) is 18.6. The summed E-state index contributed by atoms with van der Waals surface area (Å²) in [6.07, 6.45) is 0. The maximum absolute atomic E-state index is 13.0. The average molecular weight is 441 g/mol. The van der Waals surface area contributed by atoms with Crippen LogP contribution in [-0.4, -0.2) is 61.0 Å². The van der Waals surface area contributed by atoms with Crippen molar-refractivity contribution in [1.82, 2.24) is 4.90 Å². The summed E-state index contributed by atoms with van der Waals surface area (Å²) in [7, 11) is 0. The van der Waals surface area contributed by atoms with Crippen LogP contribution < -0.4 is 10.2 Å². The van der Waals surface area contributed by atoms with Crippen molar-refractivity contribution in [3.8, 4) is 0 Å². The van der Waals surface area contributed by atoms with Crippen LogP contribution in [0.25, 0.3) is 0 Å². The summed E-state index contributed by atoms with van der Waals surface area (Å²) in [4.78, 5) is 40.3. The molecule has 0 atom stereocenters. The molecule has 170 valence electrons. The number of ether oxygens (including phenoxy) is 1. The Labute approximate surface area is 187 Å². The zero-order chi connectivity index (χ0) is 23.3. The SMILES string of the molecule is CCOC(=O)c1ccc(N2CCN(CC)CC2)c(NC(=O)c2ccc([N+](=O)[O-])c(C)c2)c1. The van der Waals surface area contributed by atoms with Crippen LogP contribution in [-0.2, 0) is 4.74 Å². The quantitative estimate of drug-likeness (QED) is 0.399. The summed E-state index contributed by atoms with van der Waals surface area (Å²) in [6, 6.07) is 9.38. The van der Waals surface area contributed by atoms with Gasteiger partial charge in [0.05, 0.1) is 28.5 Å². The Morgan fingerprint density at radius 3 is 2.34 bits per heavy atom. The van der Waals surface area contributed by atoms with Crippen LogP contribution in [0, 0.1) is 17.0 Å². The van der Waals surface area contributed by atoms with Gasteiger partial charge in [0.1, 0.15) is 0 Å². The first-order valence-corrected chi connectivity index (χ1v) is 10.7. The lowest BCUT2D eigenvalue weighted by molar-refractivity contribution is -0.385. The molecule has 32 heavy (non-hydrogen) atoms. The molecular weight excluding hydrogens is 412 g/mol. The summed E-state index contributed by atoms with van der Waals surface area (Å²) in [6.45, 7) is 10.1. The van der Waals surface area contributed by atoms with E-state index >= 15 is 0 Å². The number of nitrogens with one attached hydrogen (secondary N) is 1. The predicted molar refractivity (Wildman–Crippen MR) is 123 cm³/mol. The van der Waals surface area contributed by atoms with Gasteiger partial charge >= 0.3 is 5.97 Å². The third kappa shape index (κ3) is 5.23. The smallest absolute Gasteiger partial charge is 0.338 e. The van der Waals surface area contributed by atoms with Crippen LogP contribution in [0.15, 0.2) is 36.4 Å². The molecule has 0 saturated carbocycles. The summed E-state index contributed by atoms with van der Waals surface area (Å²) < 4.78 is 5.10. The Kier molecular flexibility index (Phi) is 7.42. The molecule has 0 aliphatic carbocycles. The fourth-order valence-corrected chi connectivity index (χ4v) is 3.75. The van der Waals surface area contributed by atoms with Crippen molar-refractivity contribution < 1.29 is 19.2 Å². The minimum atomic E-state index is -0.478. The Hall–Kier alpha value is -3.46. The van der Waals surface area contributed by atoms with E-state index < -0.39 is 16.8 Å². The Morgan fingerprint density at radius 1 is 1.06 bits per heavy atom. The van der Waals surface area contributed by atoms with Gasteiger partial charge in [0.15, 0.2) is 0 Å². The molecule has 0 spiro atoms. The van der Waals surface area contributed by atoms with Crippen molar-refractivity contribution >= 4 is 28.9 Å². The van der Waals surface area contributed by atoms with Crippen molar-refractivity contribution in [2.24, 2.45) is 0 Å². The second-order valence-corrected chi connectivity index (χ2v) is 7.59. The lowest BCUT2D eigenvalue weighted by atomic mass is 10.1. The number of hydrogen-bond acceptors (Lipinski definition) is 7. The molecule has 1 heterocycles. The lowest BCUT2D eigenvalue weighted by Crippen LogP contribution is -2.46. The molecule has 0 bridgehead atoms. The first-order chi connectivity index (χ1) is 15.3. The molecule has 1 aliphatic rings.